The highest BCUT2D eigenvalue weighted by molar-refractivity contribution is 7.47. The molecule has 0 aromatic rings. The molecule has 100 heavy (non-hydrogen) atoms. The monoisotopic (exact) mass is 1470 g/mol. The maximum atomic E-state index is 13.1. The van der Waals surface area contributed by atoms with Crippen LogP contribution in [0.5, 0.6) is 0 Å². The topological polar surface area (TPSA) is 237 Å². The summed E-state index contributed by atoms with van der Waals surface area (Å²) in [6.45, 7) is 14.3. The van der Waals surface area contributed by atoms with Crippen LogP contribution in [0.3, 0.4) is 0 Å². The van der Waals surface area contributed by atoms with Gasteiger partial charge in [0.2, 0.25) is 0 Å². The largest absolute Gasteiger partial charge is 0.472 e. The standard InChI is InChI=1S/C81H158O17P2/c1-9-74(8)60-52-44-36-28-21-17-14-15-18-22-29-37-45-53-61-78(83)91-67-76(97-81(86)64-56-48-39-31-25-24-27-34-42-50-58-72(4)5)69-95-99(87,88)93-65-75(82)66-94-100(89,90)96-70-77(68-92-79(84)62-54-46-40-32-35-43-51-59-73(6)7)98-80(85)63-55-47-38-30-23-19-13-11-10-12-16-20-26-33-41-49-57-71(2)3/h71-77,82H,9-70H2,1-8H3,(H,87,88)(H,89,90)/t74?,75?,76-,77-/m1/s1. The van der Waals surface area contributed by atoms with Crippen LogP contribution in [0, 0.1) is 23.7 Å². The van der Waals surface area contributed by atoms with Crippen LogP contribution >= 0.6 is 15.6 Å². The molecule has 0 aliphatic rings. The summed E-state index contributed by atoms with van der Waals surface area (Å²) in [5.41, 5.74) is 0. The first-order valence-corrected chi connectivity index (χ1v) is 44.7. The lowest BCUT2D eigenvalue weighted by Crippen LogP contribution is -2.30. The van der Waals surface area contributed by atoms with Crippen LogP contribution in [0.2, 0.25) is 0 Å². The third kappa shape index (κ3) is 73.0. The van der Waals surface area contributed by atoms with E-state index in [1.807, 2.05) is 0 Å². The molecule has 0 spiro atoms. The number of hydrogen-bond donors (Lipinski definition) is 3. The lowest BCUT2D eigenvalue weighted by atomic mass is 9.99. The molecular formula is C81H158O17P2. The summed E-state index contributed by atoms with van der Waals surface area (Å²) in [6.07, 6.45) is 56.9. The van der Waals surface area contributed by atoms with E-state index in [2.05, 4.69) is 55.4 Å². The summed E-state index contributed by atoms with van der Waals surface area (Å²) < 4.78 is 68.7. The third-order valence-corrected chi connectivity index (χ3v) is 21.1. The number of aliphatic hydroxyl groups is 1. The van der Waals surface area contributed by atoms with Crippen LogP contribution in [0.15, 0.2) is 0 Å². The number of carbonyl (C=O) groups is 4. The lowest BCUT2D eigenvalue weighted by Gasteiger charge is -2.21. The number of hydrogen-bond acceptors (Lipinski definition) is 15. The Morgan fingerprint density at radius 1 is 0.280 bits per heavy atom. The first-order chi connectivity index (χ1) is 48.1. The van der Waals surface area contributed by atoms with Crippen molar-refractivity contribution in [3.8, 4) is 0 Å². The summed E-state index contributed by atoms with van der Waals surface area (Å²) in [4.78, 5) is 73.0. The zero-order chi connectivity index (χ0) is 73.8. The molecule has 0 bridgehead atoms. The predicted octanol–water partition coefficient (Wildman–Crippen LogP) is 24.0. The molecule has 0 aromatic heterocycles. The summed E-state index contributed by atoms with van der Waals surface area (Å²) in [6, 6.07) is 0. The molecule has 0 saturated carbocycles. The molecule has 0 heterocycles. The Hall–Kier alpha value is -1.94. The number of aliphatic hydroxyl groups excluding tert-OH is 1. The van der Waals surface area contributed by atoms with E-state index < -0.39 is 97.5 Å². The molecular weight excluding hydrogens is 1310 g/mol. The van der Waals surface area contributed by atoms with Crippen molar-refractivity contribution in [1.29, 1.82) is 0 Å². The van der Waals surface area contributed by atoms with Crippen LogP contribution in [0.1, 0.15) is 415 Å². The molecule has 6 atom stereocenters. The maximum absolute atomic E-state index is 13.1. The van der Waals surface area contributed by atoms with E-state index in [4.69, 9.17) is 37.0 Å². The van der Waals surface area contributed by atoms with Gasteiger partial charge >= 0.3 is 39.5 Å². The second-order valence-corrected chi connectivity index (χ2v) is 33.7. The van der Waals surface area contributed by atoms with Crippen LogP contribution in [-0.2, 0) is 65.4 Å². The van der Waals surface area contributed by atoms with Crippen molar-refractivity contribution in [1.82, 2.24) is 0 Å². The highest BCUT2D eigenvalue weighted by atomic mass is 31.2. The first kappa shape index (κ1) is 98.1. The van der Waals surface area contributed by atoms with Gasteiger partial charge in [-0.05, 0) is 49.4 Å². The fourth-order valence-corrected chi connectivity index (χ4v) is 14.0. The fraction of sp³-hybridized carbons (Fsp3) is 0.951. The van der Waals surface area contributed by atoms with Gasteiger partial charge in [0.05, 0.1) is 26.4 Å². The SMILES string of the molecule is CCC(C)CCCCCCCCCCCCCCCCC(=O)OC[C@H](COP(=O)(O)OCC(O)COP(=O)(O)OC[C@@H](COC(=O)CCCCCCCCCC(C)C)OC(=O)CCCCCCCCCCCCCCCCCCC(C)C)OC(=O)CCCCCCCCCCCCC(C)C. The van der Waals surface area contributed by atoms with Gasteiger partial charge in [-0.15, -0.1) is 0 Å². The Balaban J connectivity index is 5.21. The molecule has 0 amide bonds. The second kappa shape index (κ2) is 70.1. The maximum Gasteiger partial charge on any atom is 0.472 e. The summed E-state index contributed by atoms with van der Waals surface area (Å²) in [5, 5.41) is 10.6. The summed E-state index contributed by atoms with van der Waals surface area (Å²) in [5.74, 6) is 1.00. The smallest absolute Gasteiger partial charge is 0.462 e. The Morgan fingerprint density at radius 3 is 0.710 bits per heavy atom. The zero-order valence-electron chi connectivity index (χ0n) is 65.8. The Labute approximate surface area is 613 Å². The average molecular weight is 1470 g/mol. The van der Waals surface area contributed by atoms with Crippen molar-refractivity contribution in [3.05, 3.63) is 0 Å². The summed E-state index contributed by atoms with van der Waals surface area (Å²) in [7, 11) is -9.92. The van der Waals surface area contributed by atoms with Crippen molar-refractivity contribution in [3.63, 3.8) is 0 Å². The molecule has 594 valence electrons. The minimum atomic E-state index is -4.96. The van der Waals surface area contributed by atoms with Gasteiger partial charge in [0, 0.05) is 25.7 Å². The molecule has 0 aliphatic carbocycles. The van der Waals surface area contributed by atoms with Crippen molar-refractivity contribution in [2.45, 2.75) is 433 Å². The van der Waals surface area contributed by atoms with E-state index in [0.717, 1.165) is 114 Å². The highest BCUT2D eigenvalue weighted by Crippen LogP contribution is 2.45. The fourth-order valence-electron chi connectivity index (χ4n) is 12.4. The van der Waals surface area contributed by atoms with Crippen LogP contribution in [0.4, 0.5) is 0 Å². The number of carbonyl (C=O) groups excluding carboxylic acids is 4. The van der Waals surface area contributed by atoms with Gasteiger partial charge in [0.15, 0.2) is 12.2 Å². The molecule has 0 fully saturated rings. The Kier molecular flexibility index (Phi) is 68.7. The number of rotatable bonds is 78. The number of esters is 4. The molecule has 0 saturated heterocycles. The zero-order valence-corrected chi connectivity index (χ0v) is 67.6. The van der Waals surface area contributed by atoms with E-state index in [1.165, 1.54) is 212 Å². The molecule has 4 unspecified atom stereocenters. The molecule has 17 nitrogen and oxygen atoms in total. The summed E-state index contributed by atoms with van der Waals surface area (Å²) >= 11 is 0. The van der Waals surface area contributed by atoms with Crippen molar-refractivity contribution in [2.75, 3.05) is 39.6 Å². The van der Waals surface area contributed by atoms with Crippen molar-refractivity contribution < 1.29 is 80.2 Å². The number of ether oxygens (including phenoxy) is 4. The number of phosphoric acid groups is 2. The van der Waals surface area contributed by atoms with Crippen molar-refractivity contribution >= 4 is 39.5 Å². The van der Waals surface area contributed by atoms with Crippen LogP contribution in [-0.4, -0.2) is 96.7 Å². The van der Waals surface area contributed by atoms with Gasteiger partial charge in [0.25, 0.3) is 0 Å². The third-order valence-electron chi connectivity index (χ3n) is 19.2. The van der Waals surface area contributed by atoms with Crippen molar-refractivity contribution in [2.24, 2.45) is 23.7 Å². The van der Waals surface area contributed by atoms with E-state index in [-0.39, 0.29) is 25.7 Å². The highest BCUT2D eigenvalue weighted by Gasteiger charge is 2.30. The minimum Gasteiger partial charge on any atom is -0.462 e. The van der Waals surface area contributed by atoms with Gasteiger partial charge in [-0.2, -0.15) is 0 Å². The predicted molar refractivity (Wildman–Crippen MR) is 409 cm³/mol. The molecule has 0 rings (SSSR count). The van der Waals surface area contributed by atoms with Gasteiger partial charge in [-0.3, -0.25) is 37.3 Å². The number of phosphoric ester groups is 2. The molecule has 19 heteroatoms. The van der Waals surface area contributed by atoms with E-state index in [1.54, 1.807) is 0 Å². The minimum absolute atomic E-state index is 0.106. The second-order valence-electron chi connectivity index (χ2n) is 30.8. The normalized spacial score (nSPS) is 14.3. The van der Waals surface area contributed by atoms with E-state index in [9.17, 15) is 43.2 Å². The van der Waals surface area contributed by atoms with Gasteiger partial charge < -0.3 is 33.8 Å². The average Bonchev–Trinajstić information content (AvgIpc) is 0.937. The molecule has 0 aromatic carbocycles. The van der Waals surface area contributed by atoms with E-state index >= 15 is 0 Å². The Bertz CT molecular complexity index is 1960. The quantitative estimate of drug-likeness (QED) is 0.0222. The van der Waals surface area contributed by atoms with E-state index in [0.29, 0.717) is 31.6 Å². The van der Waals surface area contributed by atoms with Gasteiger partial charge in [0.1, 0.15) is 19.3 Å². The Morgan fingerprint density at radius 2 is 0.480 bits per heavy atom. The molecule has 3 N–H and O–H groups in total. The molecule has 0 aliphatic heterocycles. The molecule has 0 radical (unpaired) electrons. The number of unbranched alkanes of at least 4 members (excludes halogenated alkanes) is 43. The lowest BCUT2D eigenvalue weighted by molar-refractivity contribution is -0.161. The first-order valence-electron chi connectivity index (χ1n) is 41.7. The van der Waals surface area contributed by atoms with Gasteiger partial charge in [-0.1, -0.05) is 364 Å². The van der Waals surface area contributed by atoms with Crippen LogP contribution in [0.25, 0.3) is 0 Å². The van der Waals surface area contributed by atoms with Gasteiger partial charge in [-0.25, -0.2) is 9.13 Å². The van der Waals surface area contributed by atoms with Crippen LogP contribution < -0.4 is 0 Å².